The van der Waals surface area contributed by atoms with E-state index in [1.807, 2.05) is 0 Å². The molecule has 2 atom stereocenters. The van der Waals surface area contributed by atoms with Gasteiger partial charge in [0.25, 0.3) is 0 Å². The lowest BCUT2D eigenvalue weighted by atomic mass is 10.2. The number of hydrogen-bond donors (Lipinski definition) is 3. The number of carbonyl (C=O) groups excluding carboxylic acids is 1. The summed E-state index contributed by atoms with van der Waals surface area (Å²) in [6.45, 7) is 2.32. The first-order valence-electron chi connectivity index (χ1n) is 4.28. The molecule has 4 N–H and O–H groups in total. The van der Waals surface area contributed by atoms with Crippen LogP contribution in [0.4, 0.5) is 0 Å². The van der Waals surface area contributed by atoms with Crippen LogP contribution >= 0.6 is 0 Å². The summed E-state index contributed by atoms with van der Waals surface area (Å²) >= 11 is 0. The molecule has 78 valence electrons. The molecule has 0 heterocycles. The van der Waals surface area contributed by atoms with E-state index in [0.717, 1.165) is 0 Å². The molecule has 5 heteroatoms. The van der Waals surface area contributed by atoms with Gasteiger partial charge in [0, 0.05) is 13.7 Å². The summed E-state index contributed by atoms with van der Waals surface area (Å²) in [5.74, 6) is -0.204. The average Bonchev–Trinajstić information content (AvgIpc) is 2.04. The largest absolute Gasteiger partial charge is 0.391 e. The van der Waals surface area contributed by atoms with Crippen molar-refractivity contribution in [3.05, 3.63) is 0 Å². The van der Waals surface area contributed by atoms with Crippen molar-refractivity contribution in [2.24, 2.45) is 5.73 Å². The fraction of sp³-hybridized carbons (Fsp3) is 0.875. The standard InChI is InChI=1S/C8H18N2O3/c1-6(9)8(12)10-4-3-7(11)5-13-2/h6-7,11H,3-5,9H2,1-2H3,(H,10,12)/t6-,7?/m1/s1. The Balaban J connectivity index is 3.39. The quantitative estimate of drug-likeness (QED) is 0.493. The molecule has 0 aromatic carbocycles. The normalized spacial score (nSPS) is 15.1. The van der Waals surface area contributed by atoms with Gasteiger partial charge in [-0.05, 0) is 13.3 Å². The Bertz CT molecular complexity index is 150. The van der Waals surface area contributed by atoms with E-state index in [9.17, 15) is 9.90 Å². The molecule has 0 spiro atoms. The lowest BCUT2D eigenvalue weighted by Gasteiger charge is -2.11. The van der Waals surface area contributed by atoms with Gasteiger partial charge in [0.2, 0.25) is 5.91 Å². The minimum atomic E-state index is -0.529. The molecule has 0 aliphatic carbocycles. The Hall–Kier alpha value is -0.650. The van der Waals surface area contributed by atoms with E-state index < -0.39 is 12.1 Å². The van der Waals surface area contributed by atoms with Crippen LogP contribution in [0.15, 0.2) is 0 Å². The number of amides is 1. The fourth-order valence-electron chi connectivity index (χ4n) is 0.799. The number of rotatable bonds is 6. The minimum absolute atomic E-state index is 0.204. The van der Waals surface area contributed by atoms with Crippen molar-refractivity contribution in [3.8, 4) is 0 Å². The Morgan fingerprint density at radius 1 is 1.69 bits per heavy atom. The van der Waals surface area contributed by atoms with Gasteiger partial charge in [0.05, 0.1) is 18.8 Å². The van der Waals surface area contributed by atoms with E-state index in [1.54, 1.807) is 6.92 Å². The highest BCUT2D eigenvalue weighted by atomic mass is 16.5. The second-order valence-corrected chi connectivity index (χ2v) is 2.98. The number of ether oxygens (including phenoxy) is 1. The molecule has 0 aliphatic heterocycles. The molecule has 13 heavy (non-hydrogen) atoms. The maximum absolute atomic E-state index is 10.9. The molecule has 5 nitrogen and oxygen atoms in total. The molecule has 0 saturated heterocycles. The SMILES string of the molecule is COCC(O)CCNC(=O)[C@@H](C)N. The van der Waals surface area contributed by atoms with Gasteiger partial charge in [0.15, 0.2) is 0 Å². The highest BCUT2D eigenvalue weighted by Gasteiger charge is 2.07. The van der Waals surface area contributed by atoms with Gasteiger partial charge >= 0.3 is 0 Å². The second-order valence-electron chi connectivity index (χ2n) is 2.98. The summed E-state index contributed by atoms with van der Waals surface area (Å²) in [6.07, 6.45) is -0.0508. The monoisotopic (exact) mass is 190 g/mol. The molecule has 0 radical (unpaired) electrons. The number of methoxy groups -OCH3 is 1. The lowest BCUT2D eigenvalue weighted by Crippen LogP contribution is -2.39. The maximum atomic E-state index is 10.9. The Morgan fingerprint density at radius 3 is 2.77 bits per heavy atom. The topological polar surface area (TPSA) is 84.6 Å². The van der Waals surface area contributed by atoms with Crippen LogP contribution in [0, 0.1) is 0 Å². The fourth-order valence-corrected chi connectivity index (χ4v) is 0.799. The smallest absolute Gasteiger partial charge is 0.236 e. The Kier molecular flexibility index (Phi) is 6.48. The zero-order valence-electron chi connectivity index (χ0n) is 8.12. The summed E-state index contributed by atoms with van der Waals surface area (Å²) in [6, 6.07) is -0.500. The molecule has 1 amide bonds. The van der Waals surface area contributed by atoms with Gasteiger partial charge in [-0.15, -0.1) is 0 Å². The third-order valence-electron chi connectivity index (χ3n) is 1.55. The van der Waals surface area contributed by atoms with Gasteiger partial charge in [0.1, 0.15) is 0 Å². The van der Waals surface area contributed by atoms with E-state index >= 15 is 0 Å². The highest BCUT2D eigenvalue weighted by Crippen LogP contribution is 1.90. The van der Waals surface area contributed by atoms with Crippen LogP contribution in [0.3, 0.4) is 0 Å². The predicted octanol–water partition coefficient (Wildman–Crippen LogP) is -1.15. The summed E-state index contributed by atoms with van der Waals surface area (Å²) in [7, 11) is 1.52. The first-order valence-corrected chi connectivity index (χ1v) is 4.28. The van der Waals surface area contributed by atoms with Gasteiger partial charge in [-0.1, -0.05) is 0 Å². The number of nitrogens with one attached hydrogen (secondary N) is 1. The number of carbonyl (C=O) groups is 1. The van der Waals surface area contributed by atoms with Crippen LogP contribution in [0.1, 0.15) is 13.3 Å². The molecule has 0 rings (SSSR count). The number of nitrogens with two attached hydrogens (primary N) is 1. The molecule has 0 fully saturated rings. The Labute approximate surface area is 78.3 Å². The van der Waals surface area contributed by atoms with Crippen molar-refractivity contribution < 1.29 is 14.6 Å². The zero-order chi connectivity index (χ0) is 10.3. The molecule has 0 aromatic rings. The van der Waals surface area contributed by atoms with Crippen molar-refractivity contribution in [2.75, 3.05) is 20.3 Å². The van der Waals surface area contributed by atoms with Crippen molar-refractivity contribution in [1.82, 2.24) is 5.32 Å². The average molecular weight is 190 g/mol. The van der Waals surface area contributed by atoms with E-state index in [0.29, 0.717) is 13.0 Å². The van der Waals surface area contributed by atoms with Gasteiger partial charge < -0.3 is 20.9 Å². The first-order chi connectivity index (χ1) is 6.07. The summed E-state index contributed by atoms with van der Waals surface area (Å²) in [5.41, 5.74) is 5.31. The van der Waals surface area contributed by atoms with Gasteiger partial charge in [-0.3, -0.25) is 4.79 Å². The molecule has 0 bridgehead atoms. The second kappa shape index (κ2) is 6.82. The van der Waals surface area contributed by atoms with Crippen LogP contribution in [0.2, 0.25) is 0 Å². The molecular formula is C8H18N2O3. The van der Waals surface area contributed by atoms with Crippen LogP contribution in [0.25, 0.3) is 0 Å². The van der Waals surface area contributed by atoms with Crippen molar-refractivity contribution in [1.29, 1.82) is 0 Å². The van der Waals surface area contributed by atoms with E-state index in [1.165, 1.54) is 7.11 Å². The third-order valence-corrected chi connectivity index (χ3v) is 1.55. The summed E-state index contributed by atoms with van der Waals surface area (Å²) < 4.78 is 4.72. The summed E-state index contributed by atoms with van der Waals surface area (Å²) in [5, 5.41) is 11.8. The van der Waals surface area contributed by atoms with Crippen LogP contribution in [-0.2, 0) is 9.53 Å². The minimum Gasteiger partial charge on any atom is -0.391 e. The third kappa shape index (κ3) is 6.51. The summed E-state index contributed by atoms with van der Waals surface area (Å²) in [4.78, 5) is 10.9. The van der Waals surface area contributed by atoms with Crippen molar-refractivity contribution in [2.45, 2.75) is 25.5 Å². The molecule has 0 aromatic heterocycles. The number of hydrogen-bond acceptors (Lipinski definition) is 4. The lowest BCUT2D eigenvalue weighted by molar-refractivity contribution is -0.122. The molecular weight excluding hydrogens is 172 g/mol. The molecule has 0 saturated carbocycles. The van der Waals surface area contributed by atoms with E-state index in [-0.39, 0.29) is 12.5 Å². The first kappa shape index (κ1) is 12.3. The van der Waals surface area contributed by atoms with Crippen molar-refractivity contribution >= 4 is 5.91 Å². The van der Waals surface area contributed by atoms with Crippen LogP contribution in [0.5, 0.6) is 0 Å². The van der Waals surface area contributed by atoms with Gasteiger partial charge in [-0.25, -0.2) is 0 Å². The highest BCUT2D eigenvalue weighted by molar-refractivity contribution is 5.80. The molecule has 0 aliphatic rings. The molecule has 1 unspecified atom stereocenters. The Morgan fingerprint density at radius 2 is 2.31 bits per heavy atom. The van der Waals surface area contributed by atoms with E-state index in [2.05, 4.69) is 5.32 Å². The zero-order valence-corrected chi connectivity index (χ0v) is 8.12. The maximum Gasteiger partial charge on any atom is 0.236 e. The van der Waals surface area contributed by atoms with E-state index in [4.69, 9.17) is 10.5 Å². The number of aliphatic hydroxyl groups is 1. The number of aliphatic hydroxyl groups excluding tert-OH is 1. The van der Waals surface area contributed by atoms with Crippen molar-refractivity contribution in [3.63, 3.8) is 0 Å². The van der Waals surface area contributed by atoms with Crippen LogP contribution in [-0.4, -0.2) is 43.4 Å². The van der Waals surface area contributed by atoms with Crippen LogP contribution < -0.4 is 11.1 Å². The van der Waals surface area contributed by atoms with Gasteiger partial charge in [-0.2, -0.15) is 0 Å². The predicted molar refractivity (Wildman–Crippen MR) is 49.2 cm³/mol.